The van der Waals surface area contributed by atoms with Gasteiger partial charge in [-0.25, -0.2) is 14.0 Å². The number of alkyl halides is 3. The first-order chi connectivity index (χ1) is 23.6. The van der Waals surface area contributed by atoms with Crippen molar-refractivity contribution < 1.29 is 46.1 Å². The fourth-order valence-corrected chi connectivity index (χ4v) is 5.26. The van der Waals surface area contributed by atoms with E-state index in [1.165, 1.54) is 82.4 Å². The summed E-state index contributed by atoms with van der Waals surface area (Å²) in [6.45, 7) is 3.00. The van der Waals surface area contributed by atoms with Gasteiger partial charge in [-0.1, -0.05) is 82.9 Å². The Morgan fingerprint density at radius 1 is 0.673 bits per heavy atom. The normalized spacial score (nSPS) is 12.0. The van der Waals surface area contributed by atoms with E-state index in [0.29, 0.717) is 30.8 Å². The Bertz CT molecular complexity index is 1410. The molecule has 0 radical (unpaired) electrons. The molecular weight excluding hydrogens is 640 g/mol. The van der Waals surface area contributed by atoms with Gasteiger partial charge in [-0.05, 0) is 85.3 Å². The maximum absolute atomic E-state index is 14.8. The van der Waals surface area contributed by atoms with Crippen LogP contribution in [0.5, 0.6) is 11.5 Å². The third-order valence-corrected chi connectivity index (χ3v) is 8.12. The van der Waals surface area contributed by atoms with Crippen molar-refractivity contribution in [2.45, 2.75) is 103 Å². The van der Waals surface area contributed by atoms with E-state index in [9.17, 15) is 27.2 Å². The maximum Gasteiger partial charge on any atom is 0.425 e. The molecule has 0 aliphatic carbocycles. The molecule has 3 rings (SSSR count). The number of benzene rings is 3. The molecule has 49 heavy (non-hydrogen) atoms. The minimum absolute atomic E-state index is 0.0908. The largest absolute Gasteiger partial charge is 0.491 e. The number of unbranched alkanes of at least 4 members (excludes halogenated alkanes) is 10. The number of rotatable bonds is 22. The lowest BCUT2D eigenvalue weighted by Crippen LogP contribution is -2.34. The molecule has 0 aliphatic heterocycles. The standard InChI is InChI=1S/C39H48F4O6/c1-3-4-5-6-7-8-9-10-11-13-27-47-35-25-22-32(28-34(35)40)29-16-18-30(19-17-29)37(44)48-33-23-20-31(21-24-33)38(45)49-36(39(41,42)43)15-12-14-26-46-2/h16-25,28,36H,3-15,26-27H2,1-2H3/t36-/m1/s1. The van der Waals surface area contributed by atoms with Crippen LogP contribution in [0, 0.1) is 5.82 Å². The molecule has 0 aliphatic rings. The SMILES string of the molecule is CCCCCCCCCCCCOc1ccc(-c2ccc(C(=O)Oc3ccc(C(=O)O[C@H](CCCCOC)C(F)(F)F)cc3)cc2)cc1F. The first-order valence-corrected chi connectivity index (χ1v) is 17.2. The maximum atomic E-state index is 14.8. The molecule has 0 aromatic heterocycles. The summed E-state index contributed by atoms with van der Waals surface area (Å²) in [7, 11) is 1.46. The molecule has 10 heteroatoms. The number of hydrogen-bond acceptors (Lipinski definition) is 6. The zero-order valence-electron chi connectivity index (χ0n) is 28.5. The van der Waals surface area contributed by atoms with Gasteiger partial charge in [0.05, 0.1) is 17.7 Å². The Morgan fingerprint density at radius 3 is 1.82 bits per heavy atom. The fourth-order valence-electron chi connectivity index (χ4n) is 5.26. The molecule has 3 aromatic rings. The van der Waals surface area contributed by atoms with Gasteiger partial charge in [-0.15, -0.1) is 0 Å². The Labute approximate surface area is 287 Å². The number of ether oxygens (including phenoxy) is 4. The molecule has 0 saturated heterocycles. The van der Waals surface area contributed by atoms with Crippen molar-refractivity contribution in [3.05, 3.63) is 83.7 Å². The molecule has 0 N–H and O–H groups in total. The zero-order chi connectivity index (χ0) is 35.5. The molecule has 0 bridgehead atoms. The average Bonchev–Trinajstić information content (AvgIpc) is 3.09. The van der Waals surface area contributed by atoms with Crippen LogP contribution in [0.4, 0.5) is 17.6 Å². The van der Waals surface area contributed by atoms with Crippen LogP contribution < -0.4 is 9.47 Å². The molecule has 3 aromatic carbocycles. The van der Waals surface area contributed by atoms with E-state index in [4.69, 9.17) is 18.9 Å². The van der Waals surface area contributed by atoms with Gasteiger partial charge in [-0.2, -0.15) is 13.2 Å². The van der Waals surface area contributed by atoms with Crippen molar-refractivity contribution in [2.75, 3.05) is 20.3 Å². The predicted octanol–water partition coefficient (Wildman–Crippen LogP) is 10.9. The second-order valence-corrected chi connectivity index (χ2v) is 12.1. The summed E-state index contributed by atoms with van der Waals surface area (Å²) in [5, 5.41) is 0. The van der Waals surface area contributed by atoms with Crippen LogP contribution in [0.25, 0.3) is 11.1 Å². The number of halogens is 4. The van der Waals surface area contributed by atoms with E-state index in [1.54, 1.807) is 36.4 Å². The quantitative estimate of drug-likeness (QED) is 0.0453. The number of carbonyl (C=O) groups is 2. The second-order valence-electron chi connectivity index (χ2n) is 12.1. The first-order valence-electron chi connectivity index (χ1n) is 17.2. The Morgan fingerprint density at radius 2 is 1.22 bits per heavy atom. The predicted molar refractivity (Wildman–Crippen MR) is 182 cm³/mol. The van der Waals surface area contributed by atoms with E-state index >= 15 is 0 Å². The lowest BCUT2D eigenvalue weighted by Gasteiger charge is -2.20. The highest BCUT2D eigenvalue weighted by Crippen LogP contribution is 2.29. The second kappa shape index (κ2) is 21.2. The Balaban J connectivity index is 1.45. The van der Waals surface area contributed by atoms with Gasteiger partial charge in [0.2, 0.25) is 0 Å². The average molecular weight is 689 g/mol. The number of carbonyl (C=O) groups excluding carboxylic acids is 2. The van der Waals surface area contributed by atoms with Crippen molar-refractivity contribution in [3.8, 4) is 22.6 Å². The summed E-state index contributed by atoms with van der Waals surface area (Å²) < 4.78 is 75.5. The van der Waals surface area contributed by atoms with Crippen LogP contribution in [-0.4, -0.2) is 44.5 Å². The van der Waals surface area contributed by atoms with Gasteiger partial charge >= 0.3 is 18.1 Å². The summed E-state index contributed by atoms with van der Waals surface area (Å²) in [5.41, 5.74) is 1.42. The molecular formula is C39H48F4O6. The van der Waals surface area contributed by atoms with Gasteiger partial charge in [0.15, 0.2) is 17.7 Å². The highest BCUT2D eigenvalue weighted by Gasteiger charge is 2.42. The van der Waals surface area contributed by atoms with E-state index in [0.717, 1.165) is 19.3 Å². The van der Waals surface area contributed by atoms with Gasteiger partial charge in [0, 0.05) is 13.7 Å². The molecule has 1 atom stereocenters. The van der Waals surface area contributed by atoms with Gasteiger partial charge < -0.3 is 18.9 Å². The van der Waals surface area contributed by atoms with Crippen LogP contribution in [0.1, 0.15) is 111 Å². The summed E-state index contributed by atoms with van der Waals surface area (Å²) in [4.78, 5) is 25.1. The molecule has 0 saturated carbocycles. The molecule has 0 heterocycles. The van der Waals surface area contributed by atoms with Crippen LogP contribution in [0.15, 0.2) is 66.7 Å². The zero-order valence-corrected chi connectivity index (χ0v) is 28.5. The highest BCUT2D eigenvalue weighted by molar-refractivity contribution is 5.92. The number of hydrogen-bond donors (Lipinski definition) is 0. The van der Waals surface area contributed by atoms with Crippen LogP contribution in [0.2, 0.25) is 0 Å². The van der Waals surface area contributed by atoms with E-state index in [2.05, 4.69) is 6.92 Å². The summed E-state index contributed by atoms with van der Waals surface area (Å²) in [6, 6.07) is 16.2. The smallest absolute Gasteiger partial charge is 0.425 e. The van der Waals surface area contributed by atoms with Crippen molar-refractivity contribution in [2.24, 2.45) is 0 Å². The van der Waals surface area contributed by atoms with E-state index in [1.807, 2.05) is 0 Å². The molecule has 0 amide bonds. The third kappa shape index (κ3) is 14.2. The van der Waals surface area contributed by atoms with Crippen molar-refractivity contribution >= 4 is 11.9 Å². The van der Waals surface area contributed by atoms with Gasteiger partial charge in [-0.3, -0.25) is 0 Å². The molecule has 268 valence electrons. The summed E-state index contributed by atoms with van der Waals surface area (Å²) in [5.74, 6) is -1.98. The number of esters is 2. The van der Waals surface area contributed by atoms with E-state index < -0.39 is 30.0 Å². The monoisotopic (exact) mass is 688 g/mol. The molecule has 0 unspecified atom stereocenters. The molecule has 0 spiro atoms. The minimum atomic E-state index is -4.70. The fraction of sp³-hybridized carbons (Fsp3) is 0.487. The molecule has 6 nitrogen and oxygen atoms in total. The van der Waals surface area contributed by atoms with Crippen molar-refractivity contribution in [1.82, 2.24) is 0 Å². The Hall–Kier alpha value is -3.92. The van der Waals surface area contributed by atoms with Gasteiger partial charge in [0.25, 0.3) is 0 Å². The molecule has 0 fully saturated rings. The number of methoxy groups -OCH3 is 1. The summed E-state index contributed by atoms with van der Waals surface area (Å²) in [6.07, 6.45) is 5.41. The summed E-state index contributed by atoms with van der Waals surface area (Å²) >= 11 is 0. The van der Waals surface area contributed by atoms with Crippen LogP contribution >= 0.6 is 0 Å². The van der Waals surface area contributed by atoms with Crippen molar-refractivity contribution in [1.29, 1.82) is 0 Å². The Kier molecular flexibility index (Phi) is 17.1. The minimum Gasteiger partial charge on any atom is -0.491 e. The first kappa shape index (κ1) is 39.5. The third-order valence-electron chi connectivity index (χ3n) is 8.12. The topological polar surface area (TPSA) is 71.1 Å². The van der Waals surface area contributed by atoms with E-state index in [-0.39, 0.29) is 35.5 Å². The van der Waals surface area contributed by atoms with Gasteiger partial charge in [0.1, 0.15) is 5.75 Å². The lowest BCUT2D eigenvalue weighted by atomic mass is 10.0. The van der Waals surface area contributed by atoms with Crippen molar-refractivity contribution in [3.63, 3.8) is 0 Å². The highest BCUT2D eigenvalue weighted by atomic mass is 19.4. The lowest BCUT2D eigenvalue weighted by molar-refractivity contribution is -0.206. The van der Waals surface area contributed by atoms with Crippen LogP contribution in [0.3, 0.4) is 0 Å². The van der Waals surface area contributed by atoms with Crippen LogP contribution in [-0.2, 0) is 9.47 Å².